The van der Waals surface area contributed by atoms with Crippen molar-refractivity contribution in [3.05, 3.63) is 0 Å². The lowest BCUT2D eigenvalue weighted by atomic mass is 10.2. The first kappa shape index (κ1) is 16.5. The molecule has 2 unspecified atom stereocenters. The lowest BCUT2D eigenvalue weighted by Crippen LogP contribution is -2.44. The van der Waals surface area contributed by atoms with Crippen molar-refractivity contribution >= 4 is 30.8 Å². The second kappa shape index (κ2) is 7.08. The molecule has 0 aliphatic heterocycles. The van der Waals surface area contributed by atoms with Crippen molar-refractivity contribution in [2.45, 2.75) is 19.0 Å². The maximum Gasteiger partial charge on any atom is 0.322 e. The average Bonchev–Trinajstić information content (AvgIpc) is 1.64. The monoisotopic (exact) mass is 190 g/mol. The van der Waals surface area contributed by atoms with Crippen LogP contribution in [0.3, 0.4) is 0 Å². The SMILES string of the molecule is CC(N)C(N)C(=O)O.Cl.Cl. The molecule has 5 N–H and O–H groups in total. The summed E-state index contributed by atoms with van der Waals surface area (Å²) < 4.78 is 0. The normalized spacial score (nSPS) is 13.9. The maximum absolute atomic E-state index is 9.94. The van der Waals surface area contributed by atoms with Crippen molar-refractivity contribution in [1.29, 1.82) is 0 Å². The fourth-order valence-corrected chi connectivity index (χ4v) is 0.225. The molecule has 0 saturated heterocycles. The number of rotatable bonds is 2. The first-order valence-electron chi connectivity index (χ1n) is 2.29. The molecule has 6 heteroatoms. The molecular weight excluding hydrogens is 179 g/mol. The minimum atomic E-state index is -1.06. The van der Waals surface area contributed by atoms with E-state index in [1.807, 2.05) is 0 Å². The van der Waals surface area contributed by atoms with E-state index in [-0.39, 0.29) is 24.8 Å². The molecule has 10 heavy (non-hydrogen) atoms. The zero-order chi connectivity index (χ0) is 6.73. The molecule has 0 bridgehead atoms. The third-order valence-electron chi connectivity index (χ3n) is 0.852. The van der Waals surface area contributed by atoms with Gasteiger partial charge in [-0.15, -0.1) is 24.8 Å². The van der Waals surface area contributed by atoms with Crippen LogP contribution in [0.2, 0.25) is 0 Å². The number of nitrogens with two attached hydrogens (primary N) is 2. The Kier molecular flexibility index (Phi) is 11.7. The van der Waals surface area contributed by atoms with Gasteiger partial charge in [0.25, 0.3) is 0 Å². The molecule has 2 atom stereocenters. The first-order chi connectivity index (χ1) is 3.55. The van der Waals surface area contributed by atoms with Crippen molar-refractivity contribution in [2.24, 2.45) is 11.5 Å². The number of aliphatic carboxylic acids is 1. The average molecular weight is 191 g/mol. The largest absolute Gasteiger partial charge is 0.480 e. The summed E-state index contributed by atoms with van der Waals surface area (Å²) in [6.07, 6.45) is 0. The van der Waals surface area contributed by atoms with Crippen LogP contribution in [0.4, 0.5) is 0 Å². The fraction of sp³-hybridized carbons (Fsp3) is 0.750. The zero-order valence-corrected chi connectivity index (χ0v) is 7.11. The summed E-state index contributed by atoms with van der Waals surface area (Å²) >= 11 is 0. The Morgan fingerprint density at radius 1 is 1.40 bits per heavy atom. The van der Waals surface area contributed by atoms with Crippen LogP contribution < -0.4 is 11.5 Å². The van der Waals surface area contributed by atoms with E-state index in [0.717, 1.165) is 0 Å². The van der Waals surface area contributed by atoms with E-state index in [1.165, 1.54) is 0 Å². The molecule has 4 nitrogen and oxygen atoms in total. The van der Waals surface area contributed by atoms with Crippen molar-refractivity contribution in [3.8, 4) is 0 Å². The molecule has 64 valence electrons. The number of hydrogen-bond donors (Lipinski definition) is 3. The Morgan fingerprint density at radius 3 is 1.70 bits per heavy atom. The summed E-state index contributed by atoms with van der Waals surface area (Å²) in [7, 11) is 0. The summed E-state index contributed by atoms with van der Waals surface area (Å²) in [5.41, 5.74) is 10.2. The van der Waals surface area contributed by atoms with E-state index < -0.39 is 18.1 Å². The van der Waals surface area contributed by atoms with Gasteiger partial charge in [0.05, 0.1) is 0 Å². The van der Waals surface area contributed by atoms with Crippen LogP contribution in [0.5, 0.6) is 0 Å². The Balaban J connectivity index is -0.000000245. The molecule has 0 spiro atoms. The number of hydrogen-bond acceptors (Lipinski definition) is 3. The summed E-state index contributed by atoms with van der Waals surface area (Å²) in [6, 6.07) is -1.41. The minimum absolute atomic E-state index is 0. The van der Waals surface area contributed by atoms with E-state index >= 15 is 0 Å². The quantitative estimate of drug-likeness (QED) is 0.553. The molecule has 0 aliphatic carbocycles. The molecule has 0 aromatic heterocycles. The van der Waals surface area contributed by atoms with E-state index in [0.29, 0.717) is 0 Å². The third kappa shape index (κ3) is 6.10. The molecule has 0 aromatic carbocycles. The number of carboxylic acid groups (broad SMARTS) is 1. The molecule has 0 aromatic rings. The van der Waals surface area contributed by atoms with Gasteiger partial charge in [0.2, 0.25) is 0 Å². The van der Waals surface area contributed by atoms with Gasteiger partial charge in [0.1, 0.15) is 6.04 Å². The lowest BCUT2D eigenvalue weighted by molar-refractivity contribution is -0.138. The standard InChI is InChI=1S/C4H10N2O2.2ClH/c1-2(5)3(6)4(7)8;;/h2-3H,5-6H2,1H3,(H,7,8);2*1H. The molecule has 0 rings (SSSR count). The Hall–Kier alpha value is -0.0300. The van der Waals surface area contributed by atoms with Crippen LogP contribution >= 0.6 is 24.8 Å². The van der Waals surface area contributed by atoms with Gasteiger partial charge in [-0.25, -0.2) is 0 Å². The number of halogens is 2. The van der Waals surface area contributed by atoms with Crippen LogP contribution in [0.25, 0.3) is 0 Å². The Bertz CT molecular complexity index is 99.3. The van der Waals surface area contributed by atoms with Gasteiger partial charge in [0, 0.05) is 6.04 Å². The van der Waals surface area contributed by atoms with Crippen molar-refractivity contribution in [2.75, 3.05) is 0 Å². The maximum atomic E-state index is 9.94. The Morgan fingerprint density at radius 2 is 1.70 bits per heavy atom. The lowest BCUT2D eigenvalue weighted by Gasteiger charge is -2.08. The first-order valence-corrected chi connectivity index (χ1v) is 2.29. The number of carbonyl (C=O) groups is 1. The fourth-order valence-electron chi connectivity index (χ4n) is 0.225. The third-order valence-corrected chi connectivity index (χ3v) is 0.852. The van der Waals surface area contributed by atoms with E-state index in [9.17, 15) is 4.79 Å². The predicted molar refractivity (Wildman–Crippen MR) is 43.8 cm³/mol. The summed E-state index contributed by atoms with van der Waals surface area (Å²) in [4.78, 5) is 9.94. The topological polar surface area (TPSA) is 89.3 Å². The highest BCUT2D eigenvalue weighted by atomic mass is 35.5. The van der Waals surface area contributed by atoms with E-state index in [4.69, 9.17) is 16.6 Å². The zero-order valence-electron chi connectivity index (χ0n) is 5.48. The van der Waals surface area contributed by atoms with E-state index in [1.54, 1.807) is 6.92 Å². The van der Waals surface area contributed by atoms with Gasteiger partial charge in [-0.05, 0) is 6.92 Å². The highest BCUT2D eigenvalue weighted by Crippen LogP contribution is 1.82. The summed E-state index contributed by atoms with van der Waals surface area (Å²) in [5, 5.41) is 8.15. The summed E-state index contributed by atoms with van der Waals surface area (Å²) in [6.45, 7) is 1.55. The molecule has 0 amide bonds. The van der Waals surface area contributed by atoms with Gasteiger partial charge in [-0.3, -0.25) is 4.79 Å². The Labute approximate surface area is 71.8 Å². The van der Waals surface area contributed by atoms with Crippen molar-refractivity contribution in [1.82, 2.24) is 0 Å². The molecule has 0 saturated carbocycles. The van der Waals surface area contributed by atoms with Crippen LogP contribution in [0, 0.1) is 0 Å². The van der Waals surface area contributed by atoms with E-state index in [2.05, 4.69) is 0 Å². The second-order valence-corrected chi connectivity index (χ2v) is 1.72. The van der Waals surface area contributed by atoms with Crippen LogP contribution in [-0.2, 0) is 4.79 Å². The smallest absolute Gasteiger partial charge is 0.322 e. The van der Waals surface area contributed by atoms with Crippen LogP contribution in [-0.4, -0.2) is 23.2 Å². The predicted octanol–water partition coefficient (Wildman–Crippen LogP) is -0.411. The molecule has 0 heterocycles. The molecule has 0 fully saturated rings. The van der Waals surface area contributed by atoms with Crippen LogP contribution in [0.15, 0.2) is 0 Å². The van der Waals surface area contributed by atoms with Gasteiger partial charge in [0.15, 0.2) is 0 Å². The second-order valence-electron chi connectivity index (χ2n) is 1.72. The van der Waals surface area contributed by atoms with Gasteiger partial charge < -0.3 is 16.6 Å². The van der Waals surface area contributed by atoms with Crippen molar-refractivity contribution < 1.29 is 9.90 Å². The summed E-state index contributed by atoms with van der Waals surface area (Å²) in [5.74, 6) is -1.06. The van der Waals surface area contributed by atoms with Gasteiger partial charge in [-0.2, -0.15) is 0 Å². The highest BCUT2D eigenvalue weighted by Gasteiger charge is 2.14. The van der Waals surface area contributed by atoms with Crippen LogP contribution in [0.1, 0.15) is 6.92 Å². The highest BCUT2D eigenvalue weighted by molar-refractivity contribution is 5.85. The molecular formula is C4H12Cl2N2O2. The minimum Gasteiger partial charge on any atom is -0.480 e. The number of carboxylic acids is 1. The van der Waals surface area contributed by atoms with Gasteiger partial charge in [-0.1, -0.05) is 0 Å². The molecule has 0 aliphatic rings. The van der Waals surface area contributed by atoms with Gasteiger partial charge >= 0.3 is 5.97 Å². The van der Waals surface area contributed by atoms with Crippen molar-refractivity contribution in [3.63, 3.8) is 0 Å². The molecule has 0 radical (unpaired) electrons.